The lowest BCUT2D eigenvalue weighted by Gasteiger charge is -2.03. The van der Waals surface area contributed by atoms with Crippen LogP contribution in [0.15, 0.2) is 23.3 Å². The molecule has 0 amide bonds. The number of nitro benzene ring substituents is 1. The first-order valence-corrected chi connectivity index (χ1v) is 5.28. The number of nitrogens with two attached hydrogens (primary N) is 1. The summed E-state index contributed by atoms with van der Waals surface area (Å²) in [6, 6.07) is 3.19. The Hall–Kier alpha value is -2.53. The summed E-state index contributed by atoms with van der Waals surface area (Å²) in [7, 11) is 0. The van der Waals surface area contributed by atoms with Gasteiger partial charge in [-0.1, -0.05) is 17.3 Å². The van der Waals surface area contributed by atoms with Gasteiger partial charge in [0.05, 0.1) is 4.92 Å². The predicted molar refractivity (Wildman–Crippen MR) is 69.9 cm³/mol. The Morgan fingerprint density at radius 3 is 2.94 bits per heavy atom. The lowest BCUT2D eigenvalue weighted by atomic mass is 10.1. The average Bonchev–Trinajstić information content (AvgIpc) is 2.32. The number of azide groups is 1. The van der Waals surface area contributed by atoms with Gasteiger partial charge in [-0.3, -0.25) is 10.1 Å². The fourth-order valence-electron chi connectivity index (χ4n) is 1.45. The molecular weight excluding hydrogens is 234 g/mol. The van der Waals surface area contributed by atoms with E-state index in [1.54, 1.807) is 25.1 Å². The van der Waals surface area contributed by atoms with E-state index < -0.39 is 4.92 Å². The zero-order valence-electron chi connectivity index (χ0n) is 9.91. The SMILES string of the molecule is Cc1cc(C=CCCN=[N+]=[N-])cc([N+](=O)[O-])c1N. The van der Waals surface area contributed by atoms with E-state index in [-0.39, 0.29) is 11.4 Å². The standard InChI is InChI=1S/C11H13N5O2/c1-8-6-9(4-2-3-5-14-15-13)7-10(11(8)12)16(17)18/h2,4,6-7H,3,5,12H2,1H3. The summed E-state index contributed by atoms with van der Waals surface area (Å²) in [5, 5.41) is 14.2. The van der Waals surface area contributed by atoms with Crippen LogP contribution in [-0.2, 0) is 0 Å². The van der Waals surface area contributed by atoms with E-state index in [1.807, 2.05) is 0 Å². The van der Waals surface area contributed by atoms with Crippen molar-refractivity contribution in [3.63, 3.8) is 0 Å². The molecule has 0 unspecified atom stereocenters. The fraction of sp³-hybridized carbons (Fsp3) is 0.273. The third-order valence-corrected chi connectivity index (χ3v) is 2.35. The highest BCUT2D eigenvalue weighted by atomic mass is 16.6. The van der Waals surface area contributed by atoms with Crippen molar-refractivity contribution in [1.29, 1.82) is 0 Å². The molecule has 0 heterocycles. The van der Waals surface area contributed by atoms with Crippen molar-refractivity contribution in [2.75, 3.05) is 12.3 Å². The molecule has 0 saturated heterocycles. The monoisotopic (exact) mass is 247 g/mol. The normalized spacial score (nSPS) is 10.3. The van der Waals surface area contributed by atoms with Crippen molar-refractivity contribution in [2.24, 2.45) is 5.11 Å². The van der Waals surface area contributed by atoms with E-state index in [0.29, 0.717) is 24.1 Å². The summed E-state index contributed by atoms with van der Waals surface area (Å²) in [6.45, 7) is 2.09. The molecule has 18 heavy (non-hydrogen) atoms. The van der Waals surface area contributed by atoms with Gasteiger partial charge < -0.3 is 5.73 Å². The van der Waals surface area contributed by atoms with Crippen molar-refractivity contribution >= 4 is 17.5 Å². The highest BCUT2D eigenvalue weighted by Gasteiger charge is 2.13. The number of aryl methyl sites for hydroxylation is 1. The van der Waals surface area contributed by atoms with Crippen LogP contribution in [0.1, 0.15) is 17.5 Å². The number of rotatable bonds is 5. The van der Waals surface area contributed by atoms with Crippen LogP contribution < -0.4 is 5.73 Å². The van der Waals surface area contributed by atoms with Gasteiger partial charge in [0.15, 0.2) is 0 Å². The molecule has 0 bridgehead atoms. The van der Waals surface area contributed by atoms with Crippen LogP contribution in [0.25, 0.3) is 16.5 Å². The first-order valence-electron chi connectivity index (χ1n) is 5.28. The van der Waals surface area contributed by atoms with Crippen molar-refractivity contribution < 1.29 is 4.92 Å². The molecule has 0 aromatic heterocycles. The third kappa shape index (κ3) is 3.50. The molecule has 2 N–H and O–H groups in total. The van der Waals surface area contributed by atoms with Gasteiger partial charge in [0, 0.05) is 17.5 Å². The molecule has 94 valence electrons. The van der Waals surface area contributed by atoms with E-state index in [0.717, 1.165) is 0 Å². The predicted octanol–water partition coefficient (Wildman–Crippen LogP) is 3.20. The Bertz CT molecular complexity index is 532. The lowest BCUT2D eigenvalue weighted by Crippen LogP contribution is -1.98. The second kappa shape index (κ2) is 6.27. The number of benzene rings is 1. The van der Waals surface area contributed by atoms with Gasteiger partial charge >= 0.3 is 0 Å². The molecule has 1 rings (SSSR count). The Labute approximate surface area is 104 Å². The Kier molecular flexibility index (Phi) is 4.71. The highest BCUT2D eigenvalue weighted by molar-refractivity contribution is 5.68. The van der Waals surface area contributed by atoms with E-state index in [1.165, 1.54) is 6.07 Å². The summed E-state index contributed by atoms with van der Waals surface area (Å²) >= 11 is 0. The molecule has 0 atom stereocenters. The topological polar surface area (TPSA) is 118 Å². The van der Waals surface area contributed by atoms with Crippen molar-refractivity contribution in [1.82, 2.24) is 0 Å². The second-order valence-corrected chi connectivity index (χ2v) is 3.67. The van der Waals surface area contributed by atoms with Crippen LogP contribution in [0.4, 0.5) is 11.4 Å². The number of anilines is 1. The minimum atomic E-state index is -0.500. The van der Waals surface area contributed by atoms with Gasteiger partial charge in [-0.05, 0) is 36.1 Å². The van der Waals surface area contributed by atoms with E-state index >= 15 is 0 Å². The molecule has 7 heteroatoms. The molecule has 1 aromatic carbocycles. The summed E-state index contributed by atoms with van der Waals surface area (Å²) in [5.41, 5.74) is 15.2. The summed E-state index contributed by atoms with van der Waals surface area (Å²) in [4.78, 5) is 12.9. The van der Waals surface area contributed by atoms with Gasteiger partial charge in [0.1, 0.15) is 5.69 Å². The molecule has 0 aliphatic carbocycles. The quantitative estimate of drug-likeness (QED) is 0.164. The fourth-order valence-corrected chi connectivity index (χ4v) is 1.45. The second-order valence-electron chi connectivity index (χ2n) is 3.67. The summed E-state index contributed by atoms with van der Waals surface area (Å²) in [5.74, 6) is 0. The molecular formula is C11H13N5O2. The number of nitrogen functional groups attached to an aromatic ring is 1. The van der Waals surface area contributed by atoms with E-state index in [9.17, 15) is 10.1 Å². The minimum absolute atomic E-state index is 0.0929. The maximum Gasteiger partial charge on any atom is 0.292 e. The maximum absolute atomic E-state index is 10.8. The van der Waals surface area contributed by atoms with Crippen LogP contribution in [0, 0.1) is 17.0 Å². The number of nitrogens with zero attached hydrogens (tertiary/aromatic N) is 4. The smallest absolute Gasteiger partial charge is 0.292 e. The lowest BCUT2D eigenvalue weighted by molar-refractivity contribution is -0.383. The van der Waals surface area contributed by atoms with Gasteiger partial charge in [-0.15, -0.1) is 0 Å². The van der Waals surface area contributed by atoms with E-state index in [2.05, 4.69) is 10.0 Å². The summed E-state index contributed by atoms with van der Waals surface area (Å²) in [6.07, 6.45) is 4.12. The minimum Gasteiger partial charge on any atom is -0.393 e. The molecule has 0 aliphatic heterocycles. The first-order chi connectivity index (χ1) is 8.56. The van der Waals surface area contributed by atoms with Gasteiger partial charge in [0.2, 0.25) is 0 Å². The van der Waals surface area contributed by atoms with Crippen LogP contribution in [0.2, 0.25) is 0 Å². The van der Waals surface area contributed by atoms with Crippen molar-refractivity contribution in [2.45, 2.75) is 13.3 Å². The maximum atomic E-state index is 10.8. The molecule has 7 nitrogen and oxygen atoms in total. The number of hydrogen-bond acceptors (Lipinski definition) is 4. The average molecular weight is 247 g/mol. The molecule has 0 aliphatic rings. The van der Waals surface area contributed by atoms with Gasteiger partial charge in [-0.25, -0.2) is 0 Å². The molecule has 0 spiro atoms. The Balaban J connectivity index is 2.90. The number of hydrogen-bond donors (Lipinski definition) is 1. The number of nitro groups is 1. The molecule has 0 saturated carbocycles. The zero-order valence-corrected chi connectivity index (χ0v) is 9.91. The van der Waals surface area contributed by atoms with Crippen LogP contribution >= 0.6 is 0 Å². The van der Waals surface area contributed by atoms with Gasteiger partial charge in [0.25, 0.3) is 5.69 Å². The molecule has 1 aromatic rings. The van der Waals surface area contributed by atoms with Gasteiger partial charge in [-0.2, -0.15) is 0 Å². The highest BCUT2D eigenvalue weighted by Crippen LogP contribution is 2.27. The van der Waals surface area contributed by atoms with Crippen molar-refractivity contribution in [3.05, 3.63) is 49.9 Å². The van der Waals surface area contributed by atoms with Crippen LogP contribution in [0.3, 0.4) is 0 Å². The van der Waals surface area contributed by atoms with Crippen molar-refractivity contribution in [3.8, 4) is 0 Å². The van der Waals surface area contributed by atoms with Crippen LogP contribution in [-0.4, -0.2) is 11.5 Å². The summed E-state index contributed by atoms with van der Waals surface area (Å²) < 4.78 is 0. The largest absolute Gasteiger partial charge is 0.393 e. The Morgan fingerprint density at radius 2 is 2.33 bits per heavy atom. The zero-order chi connectivity index (χ0) is 13.5. The molecule has 0 radical (unpaired) electrons. The van der Waals surface area contributed by atoms with Crippen LogP contribution in [0.5, 0.6) is 0 Å². The molecule has 0 fully saturated rings. The third-order valence-electron chi connectivity index (χ3n) is 2.35. The first kappa shape index (κ1) is 13.5. The Morgan fingerprint density at radius 1 is 1.61 bits per heavy atom. The van der Waals surface area contributed by atoms with E-state index in [4.69, 9.17) is 11.3 Å².